The highest BCUT2D eigenvalue weighted by Crippen LogP contribution is 2.25. The largest absolute Gasteiger partial charge is 0.353 e. The van der Waals surface area contributed by atoms with Gasteiger partial charge in [-0.15, -0.1) is 0 Å². The molecule has 2 heterocycles. The molecule has 1 aromatic heterocycles. The normalized spacial score (nSPS) is 18.3. The number of fused-ring (bicyclic) bond motifs is 1. The van der Waals surface area contributed by atoms with Gasteiger partial charge >= 0.3 is 0 Å². The van der Waals surface area contributed by atoms with Crippen LogP contribution in [0.4, 0.5) is 0 Å². The minimum absolute atomic E-state index is 0.0452. The van der Waals surface area contributed by atoms with Gasteiger partial charge in [0.2, 0.25) is 5.91 Å². The van der Waals surface area contributed by atoms with Crippen LogP contribution in [0.3, 0.4) is 0 Å². The van der Waals surface area contributed by atoms with Gasteiger partial charge in [0.1, 0.15) is 6.04 Å². The molecule has 1 amide bonds. The Hall–Kier alpha value is -2.79. The first kappa shape index (κ1) is 15.7. The van der Waals surface area contributed by atoms with E-state index in [4.69, 9.17) is 4.98 Å². The van der Waals surface area contributed by atoms with E-state index >= 15 is 0 Å². The number of aryl methyl sites for hydroxylation is 1. The monoisotopic (exact) mass is 332 g/mol. The number of carbonyl (C=O) groups excluding carboxylic acids is 1. The van der Waals surface area contributed by atoms with E-state index in [1.54, 1.807) is 0 Å². The summed E-state index contributed by atoms with van der Waals surface area (Å²) in [5.74, 6) is 0.0452. The maximum atomic E-state index is 12.5. The second-order valence-corrected chi connectivity index (χ2v) is 6.32. The van der Waals surface area contributed by atoms with Crippen molar-refractivity contribution < 1.29 is 4.79 Å². The summed E-state index contributed by atoms with van der Waals surface area (Å²) in [6, 6.07) is 17.5. The Labute approximate surface area is 146 Å². The van der Waals surface area contributed by atoms with E-state index < -0.39 is 0 Å². The van der Waals surface area contributed by atoms with Crippen LogP contribution < -0.4 is 5.32 Å². The summed E-state index contributed by atoms with van der Waals surface area (Å²) >= 11 is 0. The summed E-state index contributed by atoms with van der Waals surface area (Å²) in [5.41, 5.74) is 4.64. The van der Waals surface area contributed by atoms with Crippen LogP contribution in [-0.2, 0) is 11.3 Å². The standard InChI is InChI=1S/C20H20N4O/c1-14-18(23-17-10-6-5-9-16(17)22-14)13-24-12-11-21-20(25)19(24)15-7-3-2-4-8-15/h2-10,19H,11-13H2,1H3,(H,21,25)/t19-/m1/s1. The van der Waals surface area contributed by atoms with E-state index in [0.29, 0.717) is 13.1 Å². The summed E-state index contributed by atoms with van der Waals surface area (Å²) in [4.78, 5) is 24.1. The fourth-order valence-corrected chi connectivity index (χ4v) is 3.35. The number of piperazine rings is 1. The van der Waals surface area contributed by atoms with Crippen LogP contribution in [0.1, 0.15) is 23.0 Å². The molecule has 1 saturated heterocycles. The molecule has 0 unspecified atom stereocenters. The lowest BCUT2D eigenvalue weighted by Crippen LogP contribution is -2.49. The van der Waals surface area contributed by atoms with Crippen molar-refractivity contribution in [3.05, 3.63) is 71.5 Å². The second kappa shape index (κ2) is 6.61. The van der Waals surface area contributed by atoms with Crippen molar-refractivity contribution >= 4 is 16.9 Å². The number of hydrogen-bond donors (Lipinski definition) is 1. The molecular weight excluding hydrogens is 312 g/mol. The molecular formula is C20H20N4O. The SMILES string of the molecule is Cc1nc2ccccc2nc1CN1CCNC(=O)[C@H]1c1ccccc1. The predicted octanol–water partition coefficient (Wildman–Crippen LogP) is 2.61. The minimum Gasteiger partial charge on any atom is -0.353 e. The number of rotatable bonds is 3. The maximum absolute atomic E-state index is 12.5. The van der Waals surface area contributed by atoms with E-state index in [1.807, 2.05) is 61.5 Å². The number of hydrogen-bond acceptors (Lipinski definition) is 4. The number of nitrogens with zero attached hydrogens (tertiary/aromatic N) is 3. The number of benzene rings is 2. The van der Waals surface area contributed by atoms with Crippen molar-refractivity contribution in [2.75, 3.05) is 13.1 Å². The highest BCUT2D eigenvalue weighted by molar-refractivity contribution is 5.84. The van der Waals surface area contributed by atoms with Gasteiger partial charge in [-0.1, -0.05) is 42.5 Å². The smallest absolute Gasteiger partial charge is 0.242 e. The van der Waals surface area contributed by atoms with Crippen molar-refractivity contribution in [3.63, 3.8) is 0 Å². The molecule has 1 N–H and O–H groups in total. The Bertz CT molecular complexity index is 910. The van der Waals surface area contributed by atoms with Gasteiger partial charge in [-0.05, 0) is 24.6 Å². The lowest BCUT2D eigenvalue weighted by molar-refractivity contribution is -0.129. The molecule has 1 aliphatic rings. The minimum atomic E-state index is -0.289. The number of carbonyl (C=O) groups is 1. The Morgan fingerprint density at radius 3 is 2.48 bits per heavy atom. The zero-order chi connectivity index (χ0) is 17.2. The van der Waals surface area contributed by atoms with Gasteiger partial charge in [-0.3, -0.25) is 9.69 Å². The quantitative estimate of drug-likeness (QED) is 0.801. The molecule has 126 valence electrons. The molecule has 0 aliphatic carbocycles. The molecule has 0 radical (unpaired) electrons. The first-order valence-electron chi connectivity index (χ1n) is 8.51. The van der Waals surface area contributed by atoms with E-state index in [0.717, 1.165) is 34.5 Å². The summed E-state index contributed by atoms with van der Waals surface area (Å²) in [6.07, 6.45) is 0. The topological polar surface area (TPSA) is 58.1 Å². The van der Waals surface area contributed by atoms with Crippen molar-refractivity contribution in [3.8, 4) is 0 Å². The highest BCUT2D eigenvalue weighted by Gasteiger charge is 2.31. The first-order valence-corrected chi connectivity index (χ1v) is 8.51. The van der Waals surface area contributed by atoms with Crippen LogP contribution in [0, 0.1) is 6.92 Å². The van der Waals surface area contributed by atoms with Crippen LogP contribution in [0.5, 0.6) is 0 Å². The third kappa shape index (κ3) is 3.10. The van der Waals surface area contributed by atoms with Gasteiger partial charge in [0, 0.05) is 19.6 Å². The molecule has 1 fully saturated rings. The molecule has 2 aromatic carbocycles. The fraction of sp³-hybridized carbons (Fsp3) is 0.250. The number of amides is 1. The van der Waals surface area contributed by atoms with Crippen molar-refractivity contribution in [1.82, 2.24) is 20.2 Å². The Morgan fingerprint density at radius 2 is 1.72 bits per heavy atom. The number of aromatic nitrogens is 2. The van der Waals surface area contributed by atoms with Gasteiger partial charge in [-0.2, -0.15) is 0 Å². The number of para-hydroxylation sites is 2. The van der Waals surface area contributed by atoms with Gasteiger partial charge in [0.25, 0.3) is 0 Å². The zero-order valence-corrected chi connectivity index (χ0v) is 14.1. The van der Waals surface area contributed by atoms with E-state index in [9.17, 15) is 4.79 Å². The van der Waals surface area contributed by atoms with Crippen LogP contribution in [0.25, 0.3) is 11.0 Å². The van der Waals surface area contributed by atoms with Crippen LogP contribution >= 0.6 is 0 Å². The molecule has 5 heteroatoms. The third-order valence-corrected chi connectivity index (χ3v) is 4.62. The van der Waals surface area contributed by atoms with Gasteiger partial charge < -0.3 is 5.32 Å². The first-order chi connectivity index (χ1) is 12.2. The Balaban J connectivity index is 1.68. The van der Waals surface area contributed by atoms with E-state index in [-0.39, 0.29) is 11.9 Å². The second-order valence-electron chi connectivity index (χ2n) is 6.32. The maximum Gasteiger partial charge on any atom is 0.242 e. The Kier molecular flexibility index (Phi) is 4.15. The molecule has 0 saturated carbocycles. The van der Waals surface area contributed by atoms with Crippen molar-refractivity contribution in [1.29, 1.82) is 0 Å². The van der Waals surface area contributed by atoms with Crippen LogP contribution in [0.15, 0.2) is 54.6 Å². The van der Waals surface area contributed by atoms with Crippen molar-refractivity contribution in [2.24, 2.45) is 0 Å². The van der Waals surface area contributed by atoms with Crippen molar-refractivity contribution in [2.45, 2.75) is 19.5 Å². The van der Waals surface area contributed by atoms with Gasteiger partial charge in [-0.25, -0.2) is 9.97 Å². The lowest BCUT2D eigenvalue weighted by Gasteiger charge is -2.35. The molecule has 4 rings (SSSR count). The van der Waals surface area contributed by atoms with E-state index in [2.05, 4.69) is 15.2 Å². The number of nitrogens with one attached hydrogen (secondary N) is 1. The molecule has 1 aliphatic heterocycles. The zero-order valence-electron chi connectivity index (χ0n) is 14.1. The summed E-state index contributed by atoms with van der Waals surface area (Å²) in [5, 5.41) is 2.97. The average molecular weight is 332 g/mol. The van der Waals surface area contributed by atoms with Gasteiger partial charge in [0.05, 0.1) is 22.4 Å². The lowest BCUT2D eigenvalue weighted by atomic mass is 10.0. The molecule has 25 heavy (non-hydrogen) atoms. The van der Waals surface area contributed by atoms with Crippen LogP contribution in [0.2, 0.25) is 0 Å². The summed E-state index contributed by atoms with van der Waals surface area (Å²) in [6.45, 7) is 4.04. The average Bonchev–Trinajstić information content (AvgIpc) is 2.63. The molecule has 3 aromatic rings. The van der Waals surface area contributed by atoms with E-state index in [1.165, 1.54) is 0 Å². The van der Waals surface area contributed by atoms with Crippen LogP contribution in [-0.4, -0.2) is 33.9 Å². The highest BCUT2D eigenvalue weighted by atomic mass is 16.2. The molecule has 1 atom stereocenters. The fourth-order valence-electron chi connectivity index (χ4n) is 3.35. The summed E-state index contributed by atoms with van der Waals surface area (Å²) in [7, 11) is 0. The third-order valence-electron chi connectivity index (χ3n) is 4.62. The molecule has 0 spiro atoms. The predicted molar refractivity (Wildman–Crippen MR) is 96.9 cm³/mol. The molecule has 0 bridgehead atoms. The Morgan fingerprint density at radius 1 is 1.04 bits per heavy atom. The van der Waals surface area contributed by atoms with Gasteiger partial charge in [0.15, 0.2) is 0 Å². The molecule has 5 nitrogen and oxygen atoms in total. The summed E-state index contributed by atoms with van der Waals surface area (Å²) < 4.78 is 0.